The summed E-state index contributed by atoms with van der Waals surface area (Å²) in [5.74, 6) is 0.272. The van der Waals surface area contributed by atoms with Crippen LogP contribution in [0.3, 0.4) is 0 Å². The number of carbonyl (C=O) groups excluding carboxylic acids is 1. The van der Waals surface area contributed by atoms with Gasteiger partial charge in [0.05, 0.1) is 24.8 Å². The van der Waals surface area contributed by atoms with Crippen molar-refractivity contribution in [2.45, 2.75) is 19.6 Å². The second-order valence-electron chi connectivity index (χ2n) is 7.15. The predicted molar refractivity (Wildman–Crippen MR) is 144 cm³/mol. The van der Waals surface area contributed by atoms with Crippen molar-refractivity contribution in [3.63, 3.8) is 0 Å². The number of hydrogen-bond donors (Lipinski definition) is 1. The van der Waals surface area contributed by atoms with Gasteiger partial charge < -0.3 is 10.1 Å². The van der Waals surface area contributed by atoms with E-state index in [-0.39, 0.29) is 18.2 Å². The Kier molecular flexibility index (Phi) is 8.87. The van der Waals surface area contributed by atoms with Gasteiger partial charge in [-0.05, 0) is 87.5 Å². The molecule has 0 aromatic heterocycles. The van der Waals surface area contributed by atoms with E-state index in [9.17, 15) is 15.3 Å². The highest BCUT2D eigenvalue weighted by molar-refractivity contribution is 14.1. The van der Waals surface area contributed by atoms with Crippen LogP contribution in [0.2, 0.25) is 0 Å². The summed E-state index contributed by atoms with van der Waals surface area (Å²) >= 11 is 4.34. The van der Waals surface area contributed by atoms with Crippen molar-refractivity contribution in [2.24, 2.45) is 0 Å². The minimum Gasteiger partial charge on any atom is -0.487 e. The minimum atomic E-state index is -0.424. The summed E-state index contributed by atoms with van der Waals surface area (Å²) in [7, 11) is 0. The number of rotatable bonds is 7. The van der Waals surface area contributed by atoms with Crippen molar-refractivity contribution in [2.75, 3.05) is 0 Å². The lowest BCUT2D eigenvalue weighted by atomic mass is 10.1. The first kappa shape index (κ1) is 24.7. The smallest absolute Gasteiger partial charge is 0.262 e. The molecular weight excluding hydrogens is 640 g/mol. The SMILES string of the molecule is C[C@H](NC(=O)/C(C#N)=C\c1cc(I)c(OCc2ccccc2C#N)c(I)c1)c1ccccc1. The molecule has 1 atom stereocenters. The van der Waals surface area contributed by atoms with Crippen LogP contribution >= 0.6 is 45.2 Å². The van der Waals surface area contributed by atoms with Gasteiger partial charge in [0.2, 0.25) is 0 Å². The van der Waals surface area contributed by atoms with Gasteiger partial charge in [-0.15, -0.1) is 0 Å². The van der Waals surface area contributed by atoms with Gasteiger partial charge in [-0.1, -0.05) is 48.5 Å². The van der Waals surface area contributed by atoms with Crippen LogP contribution in [0.1, 0.15) is 35.2 Å². The Hall–Kier alpha value is -2.89. The first-order valence-corrected chi connectivity index (χ1v) is 12.2. The quantitative estimate of drug-likeness (QED) is 0.188. The molecule has 1 N–H and O–H groups in total. The highest BCUT2D eigenvalue weighted by atomic mass is 127. The zero-order valence-corrected chi connectivity index (χ0v) is 22.0. The monoisotopic (exact) mass is 659 g/mol. The Morgan fingerprint density at radius 3 is 2.33 bits per heavy atom. The molecule has 0 saturated heterocycles. The fourth-order valence-corrected chi connectivity index (χ4v) is 5.25. The lowest BCUT2D eigenvalue weighted by Gasteiger charge is -2.14. The van der Waals surface area contributed by atoms with E-state index < -0.39 is 5.91 Å². The second-order valence-corrected chi connectivity index (χ2v) is 9.47. The Morgan fingerprint density at radius 1 is 1.06 bits per heavy atom. The van der Waals surface area contributed by atoms with Gasteiger partial charge in [-0.2, -0.15) is 10.5 Å². The van der Waals surface area contributed by atoms with E-state index in [1.165, 1.54) is 0 Å². The largest absolute Gasteiger partial charge is 0.487 e. The second kappa shape index (κ2) is 11.8. The highest BCUT2D eigenvalue weighted by Crippen LogP contribution is 2.31. The highest BCUT2D eigenvalue weighted by Gasteiger charge is 2.15. The number of carbonyl (C=O) groups is 1. The van der Waals surface area contributed by atoms with E-state index in [2.05, 4.69) is 56.6 Å². The zero-order valence-electron chi connectivity index (χ0n) is 17.7. The maximum atomic E-state index is 12.7. The van der Waals surface area contributed by atoms with Gasteiger partial charge in [0.1, 0.15) is 24.0 Å². The molecule has 0 unspecified atom stereocenters. The predicted octanol–water partition coefficient (Wildman–Crippen LogP) is 6.13. The van der Waals surface area contributed by atoms with Crippen molar-refractivity contribution < 1.29 is 9.53 Å². The van der Waals surface area contributed by atoms with Crippen molar-refractivity contribution in [3.05, 3.63) is 102 Å². The number of halogens is 2. The molecule has 0 aliphatic rings. The van der Waals surface area contributed by atoms with Gasteiger partial charge in [0, 0.05) is 5.56 Å². The molecule has 33 heavy (non-hydrogen) atoms. The van der Waals surface area contributed by atoms with Gasteiger partial charge in [-0.25, -0.2) is 0 Å². The Labute approximate surface area is 220 Å². The molecule has 0 spiro atoms. The van der Waals surface area contributed by atoms with Gasteiger partial charge >= 0.3 is 0 Å². The van der Waals surface area contributed by atoms with Crippen molar-refractivity contribution in [1.82, 2.24) is 5.32 Å². The molecular formula is C26H19I2N3O2. The summed E-state index contributed by atoms with van der Waals surface area (Å²) < 4.78 is 7.69. The topological polar surface area (TPSA) is 85.9 Å². The van der Waals surface area contributed by atoms with Crippen molar-refractivity contribution in [1.29, 1.82) is 10.5 Å². The molecule has 0 aliphatic carbocycles. The summed E-state index contributed by atoms with van der Waals surface area (Å²) in [4.78, 5) is 12.7. The summed E-state index contributed by atoms with van der Waals surface area (Å²) in [6.45, 7) is 2.15. The molecule has 164 valence electrons. The van der Waals surface area contributed by atoms with Crippen LogP contribution in [0, 0.1) is 29.8 Å². The summed E-state index contributed by atoms with van der Waals surface area (Å²) in [5, 5.41) is 21.7. The number of amides is 1. The lowest BCUT2D eigenvalue weighted by Crippen LogP contribution is -2.27. The van der Waals surface area contributed by atoms with Crippen LogP contribution in [0.15, 0.2) is 72.3 Å². The van der Waals surface area contributed by atoms with Gasteiger partial charge in [0.15, 0.2) is 0 Å². The molecule has 0 radical (unpaired) electrons. The van der Waals surface area contributed by atoms with Gasteiger partial charge in [0.25, 0.3) is 5.91 Å². The average molecular weight is 659 g/mol. The third kappa shape index (κ3) is 6.56. The number of nitrogens with one attached hydrogen (secondary N) is 1. The zero-order chi connectivity index (χ0) is 23.8. The Morgan fingerprint density at radius 2 is 1.70 bits per heavy atom. The fourth-order valence-electron chi connectivity index (χ4n) is 3.12. The molecule has 5 nitrogen and oxygen atoms in total. The lowest BCUT2D eigenvalue weighted by molar-refractivity contribution is -0.117. The number of hydrogen-bond acceptors (Lipinski definition) is 4. The molecule has 0 fully saturated rings. The maximum Gasteiger partial charge on any atom is 0.262 e. The number of benzene rings is 3. The minimum absolute atomic E-state index is 0.0287. The summed E-state index contributed by atoms with van der Waals surface area (Å²) in [5.41, 5.74) is 3.11. The average Bonchev–Trinajstić information content (AvgIpc) is 2.82. The van der Waals surface area contributed by atoms with Crippen LogP contribution in [0.25, 0.3) is 6.08 Å². The maximum absolute atomic E-state index is 12.7. The number of ether oxygens (including phenoxy) is 1. The standard InChI is InChI=1S/C26H19I2N3O2/c1-17(19-7-3-2-4-8-19)31-26(32)22(15-30)11-18-12-23(27)25(24(28)13-18)33-16-21-10-6-5-9-20(21)14-29/h2-13,17H,16H2,1H3,(H,31,32)/b22-11-/t17-/m0/s1. The number of nitrogens with zero attached hydrogens (tertiary/aromatic N) is 2. The van der Waals surface area contributed by atoms with Crippen LogP contribution in [-0.2, 0) is 11.4 Å². The van der Waals surface area contributed by atoms with Crippen molar-refractivity contribution in [3.8, 4) is 17.9 Å². The summed E-state index contributed by atoms with van der Waals surface area (Å²) in [6.07, 6.45) is 1.58. The molecule has 0 saturated carbocycles. The number of nitriles is 2. The van der Waals surface area contributed by atoms with E-state index >= 15 is 0 Å². The van der Waals surface area contributed by atoms with E-state index in [0.717, 1.165) is 23.8 Å². The third-order valence-electron chi connectivity index (χ3n) is 4.85. The van der Waals surface area contributed by atoms with E-state index in [0.29, 0.717) is 11.3 Å². The summed E-state index contributed by atoms with van der Waals surface area (Å²) in [6, 6.07) is 24.6. The molecule has 3 rings (SSSR count). The van der Waals surface area contributed by atoms with Crippen LogP contribution in [-0.4, -0.2) is 5.91 Å². The van der Waals surface area contributed by atoms with E-state index in [4.69, 9.17) is 4.74 Å². The Bertz CT molecular complexity index is 1250. The fraction of sp³-hybridized carbons (Fsp3) is 0.115. The van der Waals surface area contributed by atoms with Crippen LogP contribution in [0.4, 0.5) is 0 Å². The molecule has 3 aromatic carbocycles. The molecule has 3 aromatic rings. The molecule has 7 heteroatoms. The van der Waals surface area contributed by atoms with Crippen molar-refractivity contribution >= 4 is 57.2 Å². The Balaban J connectivity index is 1.76. The molecule has 0 heterocycles. The molecule has 0 bridgehead atoms. The van der Waals surface area contributed by atoms with E-state index in [1.54, 1.807) is 12.1 Å². The first-order valence-electron chi connectivity index (χ1n) is 10.0. The molecule has 0 aliphatic heterocycles. The van der Waals surface area contributed by atoms with E-state index in [1.807, 2.05) is 73.7 Å². The van der Waals surface area contributed by atoms with Crippen LogP contribution < -0.4 is 10.1 Å². The first-order chi connectivity index (χ1) is 15.9. The third-order valence-corrected chi connectivity index (χ3v) is 6.46. The van der Waals surface area contributed by atoms with Crippen LogP contribution in [0.5, 0.6) is 5.75 Å². The normalized spacial score (nSPS) is 11.7. The van der Waals surface area contributed by atoms with Gasteiger partial charge in [-0.3, -0.25) is 4.79 Å². The molecule has 1 amide bonds.